The third-order valence-corrected chi connectivity index (χ3v) is 28.3. The van der Waals surface area contributed by atoms with Crippen LogP contribution in [0.5, 0.6) is 0 Å². The van der Waals surface area contributed by atoms with Crippen LogP contribution in [0.25, 0.3) is 22.3 Å². The molecule has 20 atom stereocenters. The van der Waals surface area contributed by atoms with Gasteiger partial charge < -0.3 is 134 Å². The first-order valence-electron chi connectivity index (χ1n) is 29.5. The molecule has 0 saturated carbocycles. The van der Waals surface area contributed by atoms with E-state index in [9.17, 15) is 128 Å². The van der Waals surface area contributed by atoms with Crippen molar-refractivity contribution in [3.05, 3.63) is 85.2 Å². The van der Waals surface area contributed by atoms with Gasteiger partial charge in [0.05, 0.1) is 63.5 Å². The maximum atomic E-state index is 11.8. The summed E-state index contributed by atoms with van der Waals surface area (Å²) in [4.78, 5) is 235. The van der Waals surface area contributed by atoms with Crippen molar-refractivity contribution in [2.75, 3.05) is 43.6 Å². The summed E-state index contributed by atoms with van der Waals surface area (Å²) in [6.45, 7) is -2.64. The molecule has 10 heterocycles. The second-order valence-electron chi connectivity index (χ2n) is 21.9. The average Bonchev–Trinajstić information content (AvgIpc) is 1.64. The first-order valence-corrected chi connectivity index (χ1v) is 47.3. The van der Waals surface area contributed by atoms with Crippen molar-refractivity contribution in [3.63, 3.8) is 0 Å². The molecule has 0 spiro atoms. The van der Waals surface area contributed by atoms with Crippen LogP contribution in [0, 0.1) is 0 Å². The fourth-order valence-corrected chi connectivity index (χ4v) is 21.2. The van der Waals surface area contributed by atoms with Gasteiger partial charge in [-0.3, -0.25) is 88.0 Å². The van der Waals surface area contributed by atoms with Crippen LogP contribution in [0.1, 0.15) is 76.3 Å². The van der Waals surface area contributed by atoms with E-state index in [0.29, 0.717) is 30.4 Å². The number of ether oxygens (including phenoxy) is 4. The number of nitrogens with two attached hydrogens (primary N) is 3. The maximum Gasteiger partial charge on any atom is 1.00 e. The Balaban J connectivity index is -0.000000748. The molecule has 0 aliphatic carbocycles. The normalized spacial score (nSPS) is 24.2. The number of imidazole rings is 2. The minimum absolute atomic E-state index is 0. The number of anilines is 3. The zero-order chi connectivity index (χ0) is 84.7. The van der Waals surface area contributed by atoms with Crippen LogP contribution in [-0.2, 0) is 126 Å². The first-order chi connectivity index (χ1) is 51.6. The Kier molecular flexibility index (Phi) is 60.7. The molecule has 0 bridgehead atoms. The number of nitrogens with one attached hydrogen (secondary N) is 2. The largest absolute Gasteiger partial charge is 1.00 e. The maximum absolute atomic E-state index is 11.8. The Hall–Kier alpha value is 4.30. The van der Waals surface area contributed by atoms with Crippen LogP contribution >= 0.6 is 93.9 Å². The predicted molar refractivity (Wildman–Crippen MR) is 342 cm³/mol. The van der Waals surface area contributed by atoms with Crippen molar-refractivity contribution in [3.8, 4) is 0 Å². The number of nitrogens with zero attached hydrogens (tertiary/aromatic N) is 10. The number of phosphoric acid groups is 12. The molecule has 0 radical (unpaired) electrons. The van der Waals surface area contributed by atoms with E-state index in [1.807, 2.05) is 4.98 Å². The van der Waals surface area contributed by atoms with Gasteiger partial charge in [-0.2, -0.15) is 14.3 Å². The molecule has 646 valence electrons. The number of hydrogen-bond donors (Lipinski definition) is 12. The summed E-state index contributed by atoms with van der Waals surface area (Å²) >= 11 is 0. The number of phosphoric ester groups is 4. The van der Waals surface area contributed by atoms with Gasteiger partial charge in [-0.1, -0.05) is 0 Å². The number of nitrogen functional groups attached to an aromatic ring is 3. The van der Waals surface area contributed by atoms with E-state index in [1.54, 1.807) is 4.57 Å². The summed E-state index contributed by atoms with van der Waals surface area (Å²) in [7, 11) is -68.6. The molecule has 64 nitrogen and oxygen atoms in total. The summed E-state index contributed by atoms with van der Waals surface area (Å²) in [6.07, 6.45) is 2.66. The van der Waals surface area contributed by atoms with Gasteiger partial charge in [-0.05, 0) is 57.4 Å². The van der Waals surface area contributed by atoms with E-state index < -0.39 is 192 Å². The van der Waals surface area contributed by atoms with Gasteiger partial charge >= 0.3 is 293 Å². The number of aromatic nitrogens is 12. The summed E-state index contributed by atoms with van der Waals surface area (Å²) in [5, 5.41) is 0. The van der Waals surface area contributed by atoms with Gasteiger partial charge in [-0.25, -0.2) is 68.8 Å². The fraction of sp³-hybridized carbons (Fsp3) is 0.526. The number of fused-ring (bicyclic) bond motifs is 2. The molecule has 10 rings (SSSR count). The minimum atomic E-state index is -5.97. The van der Waals surface area contributed by atoms with Crippen molar-refractivity contribution in [2.24, 2.45) is 0 Å². The number of H-pyrrole nitrogens is 2. The first kappa shape index (κ1) is 134. The topological polar surface area (TPSA) is 1020 Å². The molecule has 18 N–H and O–H groups in total. The average molecular weight is 2080 g/mol. The second kappa shape index (κ2) is 55.9. The number of hydrogen-bond acceptors (Lipinski definition) is 51. The third-order valence-electron chi connectivity index (χ3n) is 13.4. The molecule has 123 heavy (non-hydrogen) atoms. The Morgan fingerprint density at radius 3 is 1.12 bits per heavy atom. The van der Waals surface area contributed by atoms with Gasteiger partial charge in [0.1, 0.15) is 42.6 Å². The quantitative estimate of drug-likeness (QED) is 0.0138. The van der Waals surface area contributed by atoms with Crippen molar-refractivity contribution >= 4 is 134 Å². The molecular formula is C38H57N16Na9O48P12. The molecule has 0 amide bonds. The number of quaternary nitrogens is 1. The summed E-state index contributed by atoms with van der Waals surface area (Å²) in [6, 6.07) is 2.45. The Bertz CT molecular complexity index is 5320. The van der Waals surface area contributed by atoms with Crippen LogP contribution in [0.3, 0.4) is 0 Å². The molecular weight excluding hydrogens is 2030 g/mol. The third kappa shape index (κ3) is 47.7. The fourth-order valence-electron chi connectivity index (χ4n) is 9.45. The number of aromatic amines is 2. The standard InChI is InChI=1S/C10H16N5O12P3.C10H16N5O11P3.C9H16N3O12P3.C9H15N2O13P3.H3N.9Na/c11-10-13-8-7(9(16)14-10)12-4-15(8)6-2-1-5(25-6)3-24-29(20,21)27-30(22,23)26-28(17,18)19;11-9-8-10(13-4-12-9)15(5-14-8)7-2-1-6(24-7)3-23-28(19,20)26-29(21,22)25-27(16,17)18;10-7-3-4-12(9(13)11-7)8-2-1-6(22-8)5-21-26(17,18)24-27(19,20)23-25(14,15)16;12-7-3-4-11(9(13)10-7)8-2-1-6(22-8)5-21-26(17,18)24-27(19,20)23-25(14,15)16;;;;;;;;;;/h4-6H,1-3H2,(H,20,21)(H,22,23)(H2,17,18,19)(H3,11,13,14,16);4-7H,1-3H2,(H,19,20)(H,21,22)(H2,11,12,13)(H2,16,17,18);3-4,6,8H,1-2,5H2,(H,17,18)(H,19,20)(H2,10,11,13)(H2,14,15,16);3-4,6,8H,1-2,5H2,(H,17,18)(H,19,20)(H,10,12,13)(H2,14,15,16);1H3;;;;;;;;;/q;;;;;9*+1/p-9/t5-,6+;6-,7+;2*6-,8+;;;;;;;;;;/m0000........../s1. The molecule has 6 aromatic rings. The van der Waals surface area contributed by atoms with E-state index in [-0.39, 0.29) is 333 Å². The van der Waals surface area contributed by atoms with Crippen LogP contribution < -0.4 is 361 Å². The van der Waals surface area contributed by atoms with Crippen molar-refractivity contribution in [1.82, 2.24) is 64.3 Å². The zero-order valence-electron chi connectivity index (χ0n) is 65.0. The molecule has 4 aliphatic heterocycles. The zero-order valence-corrected chi connectivity index (χ0v) is 93.8. The Morgan fingerprint density at radius 1 is 0.398 bits per heavy atom. The van der Waals surface area contributed by atoms with Crippen molar-refractivity contribution in [1.29, 1.82) is 0 Å². The summed E-state index contributed by atoms with van der Waals surface area (Å²) < 4.78 is 204. The second-order valence-corrected chi connectivity index (χ2v) is 39.2. The van der Waals surface area contributed by atoms with Crippen LogP contribution in [0.4, 0.5) is 17.6 Å². The van der Waals surface area contributed by atoms with Crippen LogP contribution in [0.15, 0.2) is 62.7 Å². The van der Waals surface area contributed by atoms with Gasteiger partial charge in [0.2, 0.25) is 5.95 Å². The van der Waals surface area contributed by atoms with Gasteiger partial charge in [0.15, 0.2) is 22.6 Å². The van der Waals surface area contributed by atoms with E-state index >= 15 is 0 Å². The van der Waals surface area contributed by atoms with E-state index in [1.165, 1.54) is 42.0 Å². The van der Waals surface area contributed by atoms with Crippen LogP contribution in [0.2, 0.25) is 0 Å². The molecule has 4 fully saturated rings. The Labute approximate surface area is 885 Å². The predicted octanol–water partition coefficient (Wildman–Crippen LogP) is -33.4. The SMILES string of the molecule is Nc1ccn([C@H]2CC[C@@H](COP(=O)([O-])OP(=O)([O-])OP(=O)([O-])O)O2)c(=O)n1.Nc1nc2c(ncn2[C@H]2CC[C@@H](COP(=O)([O-])OP(=O)([O-])OP(=O)([O-])O)O2)c(=O)[nH]1.Nc1ncnc2c1ncn2[C@H]1CC[C@@H](COP(=O)([O-])OP(=O)([O-])OP(=O)([O-])O)O1.O=c1ccn([C@H]2CC[C@@H](COP(=O)(O)OP(=O)(O)OP(=O)([O-])O)O2)c(=O)[nH]1.[NH4+].[Na+].[Na+].[Na+].[Na+].[Na+].[Na+].[Na+].[Na+].[Na+]. The summed E-state index contributed by atoms with van der Waals surface area (Å²) in [5.41, 5.74) is 14.9. The van der Waals surface area contributed by atoms with E-state index in [2.05, 4.69) is 87.5 Å². The van der Waals surface area contributed by atoms with Gasteiger partial charge in [-0.15, -0.1) is 0 Å². The smallest absolute Gasteiger partial charge is 0.756 e. The van der Waals surface area contributed by atoms with E-state index in [4.69, 9.17) is 60.6 Å². The number of rotatable bonds is 32. The molecule has 12 unspecified atom stereocenters. The minimum Gasteiger partial charge on any atom is -0.756 e. The monoisotopic (exact) mass is 2080 g/mol. The summed E-state index contributed by atoms with van der Waals surface area (Å²) in [5.74, 6) is 0.0329. The molecule has 0 aromatic carbocycles. The van der Waals surface area contributed by atoms with Crippen LogP contribution in [-0.4, -0.2) is 138 Å². The van der Waals surface area contributed by atoms with E-state index in [0.717, 1.165) is 15.2 Å². The van der Waals surface area contributed by atoms with Gasteiger partial charge in [0.25, 0.3) is 89.3 Å². The molecule has 85 heteroatoms. The molecule has 6 aromatic heterocycles. The van der Waals surface area contributed by atoms with Crippen molar-refractivity contribution < 1.29 is 471 Å². The van der Waals surface area contributed by atoms with Gasteiger partial charge in [0, 0.05) is 18.5 Å². The Morgan fingerprint density at radius 2 is 0.748 bits per heavy atom. The molecule has 4 aliphatic rings. The molecule has 4 saturated heterocycles. The van der Waals surface area contributed by atoms with Crippen molar-refractivity contribution in [2.45, 2.75) is 101 Å².